The van der Waals surface area contributed by atoms with E-state index < -0.39 is 6.04 Å². The average Bonchev–Trinajstić information content (AvgIpc) is 3.15. The summed E-state index contributed by atoms with van der Waals surface area (Å²) in [5.41, 5.74) is 7.78. The van der Waals surface area contributed by atoms with Crippen LogP contribution < -0.4 is 11.1 Å². The minimum absolute atomic E-state index is 0.0436. The predicted molar refractivity (Wildman–Crippen MR) is 120 cm³/mol. The Bertz CT molecular complexity index is 1040. The van der Waals surface area contributed by atoms with Crippen LogP contribution in [0, 0.1) is 17.2 Å². The highest BCUT2D eigenvalue weighted by Gasteiger charge is 2.56. The number of nitrogens with one attached hydrogen (secondary N) is 1. The first-order valence-electron chi connectivity index (χ1n) is 11.7. The maximum absolute atomic E-state index is 13.3. The van der Waals surface area contributed by atoms with Crippen LogP contribution in [0.2, 0.25) is 0 Å². The van der Waals surface area contributed by atoms with E-state index in [-0.39, 0.29) is 47.9 Å². The summed E-state index contributed by atoms with van der Waals surface area (Å²) in [5, 5.41) is 12.0. The lowest BCUT2D eigenvalue weighted by atomic mass is 10.0. The van der Waals surface area contributed by atoms with E-state index in [1.54, 1.807) is 18.0 Å². The van der Waals surface area contributed by atoms with E-state index in [9.17, 15) is 19.6 Å². The third-order valence-corrected chi connectivity index (χ3v) is 7.85. The van der Waals surface area contributed by atoms with Gasteiger partial charge in [0.25, 0.3) is 5.91 Å². The summed E-state index contributed by atoms with van der Waals surface area (Å²) in [7, 11) is 1.60. The van der Waals surface area contributed by atoms with Crippen LogP contribution in [0.25, 0.3) is 0 Å². The molecule has 1 aromatic rings. The lowest BCUT2D eigenvalue weighted by molar-refractivity contribution is -0.141. The molecule has 3 saturated heterocycles. The predicted octanol–water partition coefficient (Wildman–Crippen LogP) is 0.233. The summed E-state index contributed by atoms with van der Waals surface area (Å²) >= 11 is 0. The number of fused-ring (bicyclic) bond motifs is 3. The number of likely N-dealkylation sites (tertiary alicyclic amines) is 3. The number of rotatable bonds is 6. The number of hydrogen-bond acceptors (Lipinski definition) is 6. The second kappa shape index (κ2) is 8.12. The molecule has 0 aromatic heterocycles. The highest BCUT2D eigenvalue weighted by molar-refractivity contribution is 5.94. The molecule has 7 atom stereocenters. The van der Waals surface area contributed by atoms with Crippen molar-refractivity contribution in [2.24, 2.45) is 11.7 Å². The zero-order chi connectivity index (χ0) is 23.4. The molecule has 9 heteroatoms. The minimum Gasteiger partial charge on any atom is -0.355 e. The van der Waals surface area contributed by atoms with Crippen LogP contribution in [-0.2, 0) is 9.59 Å². The van der Waals surface area contributed by atoms with Gasteiger partial charge in [-0.1, -0.05) is 12.1 Å². The van der Waals surface area contributed by atoms with Crippen molar-refractivity contribution in [2.75, 3.05) is 20.1 Å². The largest absolute Gasteiger partial charge is 0.355 e. The molecular weight excluding hydrogens is 420 g/mol. The van der Waals surface area contributed by atoms with Crippen LogP contribution in [0.4, 0.5) is 0 Å². The van der Waals surface area contributed by atoms with Crippen molar-refractivity contribution in [3.63, 3.8) is 0 Å². The molecule has 9 nitrogen and oxygen atoms in total. The molecule has 3 heterocycles. The SMILES string of the molecule is CNC(=O)c1cccc([C@@H](C)N2C(=O)[C@H]3C[C@@H]2CN3C[C@H](N)C(=O)N2[C@H](C#N)CC3C[C@@H]32)c1. The molecule has 1 aromatic carbocycles. The molecule has 4 aliphatic rings. The number of nitrogens with zero attached hydrogens (tertiary/aromatic N) is 4. The van der Waals surface area contributed by atoms with E-state index in [2.05, 4.69) is 11.4 Å². The maximum Gasteiger partial charge on any atom is 0.251 e. The average molecular weight is 451 g/mol. The summed E-state index contributed by atoms with van der Waals surface area (Å²) in [6.45, 7) is 2.99. The summed E-state index contributed by atoms with van der Waals surface area (Å²) in [4.78, 5) is 43.9. The smallest absolute Gasteiger partial charge is 0.251 e. The van der Waals surface area contributed by atoms with Gasteiger partial charge in [0.05, 0.1) is 24.2 Å². The molecule has 3 N–H and O–H groups in total. The molecule has 33 heavy (non-hydrogen) atoms. The van der Waals surface area contributed by atoms with Crippen molar-refractivity contribution < 1.29 is 14.4 Å². The number of carbonyl (C=O) groups excluding carboxylic acids is 3. The van der Waals surface area contributed by atoms with E-state index in [1.165, 1.54) is 0 Å². The zero-order valence-electron chi connectivity index (χ0n) is 19.0. The number of hydrogen-bond donors (Lipinski definition) is 2. The Kier molecular flexibility index (Phi) is 5.38. The van der Waals surface area contributed by atoms with E-state index >= 15 is 0 Å². The van der Waals surface area contributed by atoms with Crippen LogP contribution in [0.5, 0.6) is 0 Å². The first-order valence-corrected chi connectivity index (χ1v) is 11.7. The Hall–Kier alpha value is -2.96. The van der Waals surface area contributed by atoms with E-state index in [1.807, 2.05) is 34.9 Å². The van der Waals surface area contributed by atoms with Crippen molar-refractivity contribution in [2.45, 2.75) is 62.4 Å². The molecule has 174 valence electrons. The molecule has 1 unspecified atom stereocenters. The minimum atomic E-state index is -0.734. The van der Waals surface area contributed by atoms with Gasteiger partial charge in [-0.2, -0.15) is 5.26 Å². The van der Waals surface area contributed by atoms with Crippen LogP contribution in [0.15, 0.2) is 24.3 Å². The Morgan fingerprint density at radius 2 is 2.09 bits per heavy atom. The lowest BCUT2D eigenvalue weighted by Gasteiger charge is -2.38. The third kappa shape index (κ3) is 3.58. The van der Waals surface area contributed by atoms with E-state index in [0.717, 1.165) is 18.4 Å². The Morgan fingerprint density at radius 1 is 1.30 bits per heavy atom. The summed E-state index contributed by atoms with van der Waals surface area (Å²) in [6.07, 6.45) is 2.44. The van der Waals surface area contributed by atoms with Gasteiger partial charge in [-0.05, 0) is 49.8 Å². The number of nitriles is 1. The molecular formula is C24H30N6O3. The first kappa shape index (κ1) is 21.9. The standard InChI is InChI=1S/C24H30N6O3/c1-13(14-4-3-5-15(6-14)22(31)27-2)29-18-9-21(24(29)33)28(11-18)12-19(26)23(32)30-17(10-25)7-16-8-20(16)30/h3-6,13,16-21H,7-9,11-12,26H2,1-2H3,(H,27,31)/t13-,16?,17+,18-,19+,20+,21-/m1/s1. The quantitative estimate of drug-likeness (QED) is 0.640. The molecule has 3 amide bonds. The fourth-order valence-electron chi connectivity index (χ4n) is 6.05. The molecule has 4 fully saturated rings. The normalized spacial score (nSPS) is 31.8. The maximum atomic E-state index is 13.3. The molecule has 3 aliphatic heterocycles. The Morgan fingerprint density at radius 3 is 2.79 bits per heavy atom. The van der Waals surface area contributed by atoms with Gasteiger partial charge in [0.2, 0.25) is 11.8 Å². The number of piperazine rings is 1. The number of carbonyl (C=O) groups is 3. The number of benzene rings is 1. The third-order valence-electron chi connectivity index (χ3n) is 7.85. The topological polar surface area (TPSA) is 123 Å². The van der Waals surface area contributed by atoms with E-state index in [4.69, 9.17) is 5.73 Å². The Balaban J connectivity index is 1.24. The van der Waals surface area contributed by atoms with Gasteiger partial charge in [0.15, 0.2) is 0 Å². The van der Waals surface area contributed by atoms with Gasteiger partial charge in [-0.15, -0.1) is 0 Å². The second-order valence-electron chi connectivity index (χ2n) is 9.78. The number of piperidine rings is 1. The molecule has 1 saturated carbocycles. The second-order valence-corrected chi connectivity index (χ2v) is 9.78. The highest BCUT2D eigenvalue weighted by atomic mass is 16.2. The fourth-order valence-corrected chi connectivity index (χ4v) is 6.05. The van der Waals surface area contributed by atoms with E-state index in [0.29, 0.717) is 31.0 Å². The molecule has 1 aliphatic carbocycles. The fraction of sp³-hybridized carbons (Fsp3) is 0.583. The number of nitrogens with two attached hydrogens (primary N) is 1. The van der Waals surface area contributed by atoms with Crippen molar-refractivity contribution in [1.29, 1.82) is 5.26 Å². The molecule has 5 rings (SSSR count). The van der Waals surface area contributed by atoms with Crippen LogP contribution in [0.1, 0.15) is 48.1 Å². The van der Waals surface area contributed by atoms with Crippen LogP contribution >= 0.6 is 0 Å². The van der Waals surface area contributed by atoms with Crippen molar-refractivity contribution >= 4 is 17.7 Å². The molecule has 0 spiro atoms. The van der Waals surface area contributed by atoms with Crippen LogP contribution in [-0.4, -0.2) is 82.8 Å². The Labute approximate surface area is 193 Å². The van der Waals surface area contributed by atoms with Gasteiger partial charge in [0.1, 0.15) is 6.04 Å². The monoisotopic (exact) mass is 450 g/mol. The highest BCUT2D eigenvalue weighted by Crippen LogP contribution is 2.48. The summed E-state index contributed by atoms with van der Waals surface area (Å²) < 4.78 is 0. The van der Waals surface area contributed by atoms with Crippen molar-refractivity contribution in [3.8, 4) is 6.07 Å². The van der Waals surface area contributed by atoms with Gasteiger partial charge in [-0.25, -0.2) is 0 Å². The first-order chi connectivity index (χ1) is 15.8. The molecule has 2 bridgehead atoms. The summed E-state index contributed by atoms with van der Waals surface area (Å²) in [5.74, 6) is 0.171. The van der Waals surface area contributed by atoms with Gasteiger partial charge >= 0.3 is 0 Å². The van der Waals surface area contributed by atoms with Gasteiger partial charge < -0.3 is 20.9 Å². The number of amides is 3. The van der Waals surface area contributed by atoms with Crippen LogP contribution in [0.3, 0.4) is 0 Å². The summed E-state index contributed by atoms with van der Waals surface area (Å²) in [6, 6.07) is 8.30. The lowest BCUT2D eigenvalue weighted by Crippen LogP contribution is -2.57. The van der Waals surface area contributed by atoms with Gasteiger partial charge in [0, 0.05) is 37.8 Å². The van der Waals surface area contributed by atoms with Crippen molar-refractivity contribution in [3.05, 3.63) is 35.4 Å². The van der Waals surface area contributed by atoms with Crippen molar-refractivity contribution in [1.82, 2.24) is 20.0 Å². The molecule has 0 radical (unpaired) electrons. The zero-order valence-corrected chi connectivity index (χ0v) is 19.0. The van der Waals surface area contributed by atoms with Gasteiger partial charge in [-0.3, -0.25) is 19.3 Å².